The summed E-state index contributed by atoms with van der Waals surface area (Å²) >= 11 is 11.8. The molecule has 0 aromatic heterocycles. The highest BCUT2D eigenvalue weighted by Gasteiger charge is 2.23. The Bertz CT molecular complexity index is 502. The van der Waals surface area contributed by atoms with Gasteiger partial charge in [0.2, 0.25) is 0 Å². The monoisotopic (exact) mass is 330 g/mol. The van der Waals surface area contributed by atoms with Crippen LogP contribution in [-0.4, -0.2) is 24.1 Å². The summed E-state index contributed by atoms with van der Waals surface area (Å²) in [6.45, 7) is 1.71. The van der Waals surface area contributed by atoms with E-state index < -0.39 is 6.10 Å². The van der Waals surface area contributed by atoms with Crippen LogP contribution in [0.15, 0.2) is 18.2 Å². The van der Waals surface area contributed by atoms with Crippen LogP contribution in [0.25, 0.3) is 0 Å². The maximum absolute atomic E-state index is 12.1. The Hall–Kier alpha value is -0.970. The summed E-state index contributed by atoms with van der Waals surface area (Å²) < 4.78 is 5.59. The molecule has 1 unspecified atom stereocenters. The van der Waals surface area contributed by atoms with Crippen LogP contribution < -0.4 is 15.8 Å². The molecule has 1 saturated carbocycles. The maximum atomic E-state index is 12.1. The minimum atomic E-state index is -0.585. The number of nitrogens with one attached hydrogen (secondary N) is 1. The van der Waals surface area contributed by atoms with Crippen molar-refractivity contribution in [1.82, 2.24) is 5.32 Å². The molecular weight excluding hydrogens is 311 g/mol. The van der Waals surface area contributed by atoms with E-state index in [9.17, 15) is 4.79 Å². The van der Waals surface area contributed by atoms with Gasteiger partial charge in [-0.05, 0) is 44.7 Å². The number of ether oxygens (including phenoxy) is 1. The summed E-state index contributed by atoms with van der Waals surface area (Å²) in [6.07, 6.45) is 3.16. The quantitative estimate of drug-likeness (QED) is 0.891. The summed E-state index contributed by atoms with van der Waals surface area (Å²) in [5.74, 6) is 0.402. The van der Waals surface area contributed by atoms with E-state index in [4.69, 9.17) is 33.7 Å². The molecule has 2 rings (SSSR count). The lowest BCUT2D eigenvalue weighted by Gasteiger charge is -2.27. The van der Waals surface area contributed by atoms with Gasteiger partial charge in [-0.2, -0.15) is 0 Å². The van der Waals surface area contributed by atoms with Crippen LogP contribution in [0.1, 0.15) is 32.6 Å². The molecule has 1 fully saturated rings. The first-order valence-electron chi connectivity index (χ1n) is 7.13. The molecule has 1 aromatic carbocycles. The molecule has 116 valence electrons. The average Bonchev–Trinajstić information content (AvgIpc) is 2.45. The number of rotatable bonds is 4. The minimum absolute atomic E-state index is 0.124. The lowest BCUT2D eigenvalue weighted by Crippen LogP contribution is -2.45. The van der Waals surface area contributed by atoms with Crippen molar-refractivity contribution in [3.05, 3.63) is 28.2 Å². The van der Waals surface area contributed by atoms with Crippen molar-refractivity contribution in [2.24, 2.45) is 5.73 Å². The average molecular weight is 331 g/mol. The van der Waals surface area contributed by atoms with E-state index >= 15 is 0 Å². The van der Waals surface area contributed by atoms with Gasteiger partial charge in [-0.1, -0.05) is 23.2 Å². The van der Waals surface area contributed by atoms with E-state index in [1.165, 1.54) is 0 Å². The van der Waals surface area contributed by atoms with Crippen molar-refractivity contribution < 1.29 is 9.53 Å². The van der Waals surface area contributed by atoms with Gasteiger partial charge in [-0.25, -0.2) is 0 Å². The molecular formula is C15H20Cl2N2O2. The van der Waals surface area contributed by atoms with Crippen LogP contribution in [0.5, 0.6) is 5.75 Å². The third kappa shape index (κ3) is 4.77. The number of carbonyl (C=O) groups is 1. The van der Waals surface area contributed by atoms with Crippen LogP contribution in [0.4, 0.5) is 0 Å². The van der Waals surface area contributed by atoms with E-state index in [1.54, 1.807) is 25.1 Å². The van der Waals surface area contributed by atoms with E-state index in [2.05, 4.69) is 5.32 Å². The fraction of sp³-hybridized carbons (Fsp3) is 0.533. The third-order valence-corrected chi connectivity index (χ3v) is 4.43. The molecule has 1 amide bonds. The summed E-state index contributed by atoms with van der Waals surface area (Å²) in [6, 6.07) is 5.40. The first-order valence-corrected chi connectivity index (χ1v) is 7.89. The topological polar surface area (TPSA) is 64.3 Å². The molecule has 3 N–H and O–H groups in total. The van der Waals surface area contributed by atoms with Gasteiger partial charge in [0.25, 0.3) is 5.91 Å². The summed E-state index contributed by atoms with van der Waals surface area (Å²) in [7, 11) is 0. The van der Waals surface area contributed by atoms with Gasteiger partial charge >= 0.3 is 0 Å². The van der Waals surface area contributed by atoms with Gasteiger partial charge in [0.15, 0.2) is 6.10 Å². The van der Waals surface area contributed by atoms with E-state index in [-0.39, 0.29) is 18.0 Å². The molecule has 0 saturated heterocycles. The molecule has 6 heteroatoms. The molecule has 0 spiro atoms. The number of amides is 1. The summed E-state index contributed by atoms with van der Waals surface area (Å²) in [5, 5.41) is 3.87. The van der Waals surface area contributed by atoms with E-state index in [0.717, 1.165) is 25.7 Å². The van der Waals surface area contributed by atoms with Crippen LogP contribution in [0.3, 0.4) is 0 Å². The van der Waals surface area contributed by atoms with E-state index in [0.29, 0.717) is 15.8 Å². The number of halogens is 2. The normalized spacial score (nSPS) is 23.4. The van der Waals surface area contributed by atoms with Crippen LogP contribution in [0, 0.1) is 0 Å². The predicted molar refractivity (Wildman–Crippen MR) is 84.9 cm³/mol. The molecule has 0 heterocycles. The van der Waals surface area contributed by atoms with Crippen molar-refractivity contribution >= 4 is 29.1 Å². The minimum Gasteiger partial charge on any atom is -0.481 e. The van der Waals surface area contributed by atoms with Crippen LogP contribution in [0.2, 0.25) is 10.0 Å². The molecule has 1 aliphatic rings. The first-order chi connectivity index (χ1) is 9.95. The highest BCUT2D eigenvalue weighted by Crippen LogP contribution is 2.27. The molecule has 21 heavy (non-hydrogen) atoms. The van der Waals surface area contributed by atoms with Crippen LogP contribution >= 0.6 is 23.2 Å². The SMILES string of the molecule is CC(Oc1ccc(Cl)c(Cl)c1)C(=O)NC1CCC(N)CC1. The Morgan fingerprint density at radius 3 is 2.57 bits per heavy atom. The van der Waals surface area contributed by atoms with Crippen molar-refractivity contribution in [3.8, 4) is 5.75 Å². The molecule has 4 nitrogen and oxygen atoms in total. The highest BCUT2D eigenvalue weighted by atomic mass is 35.5. The Kier molecular flexibility index (Phi) is 5.73. The van der Waals surface area contributed by atoms with Gasteiger partial charge in [0.1, 0.15) is 5.75 Å². The fourth-order valence-electron chi connectivity index (χ4n) is 2.39. The first kappa shape index (κ1) is 16.4. The number of hydrogen-bond donors (Lipinski definition) is 2. The molecule has 0 bridgehead atoms. The zero-order valence-corrected chi connectivity index (χ0v) is 13.5. The molecule has 1 aliphatic carbocycles. The lowest BCUT2D eigenvalue weighted by molar-refractivity contribution is -0.128. The molecule has 1 atom stereocenters. The van der Waals surface area contributed by atoms with Gasteiger partial charge in [-0.15, -0.1) is 0 Å². The van der Waals surface area contributed by atoms with Crippen molar-refractivity contribution in [3.63, 3.8) is 0 Å². The zero-order chi connectivity index (χ0) is 15.4. The molecule has 0 radical (unpaired) electrons. The highest BCUT2D eigenvalue weighted by molar-refractivity contribution is 6.42. The Morgan fingerprint density at radius 2 is 1.95 bits per heavy atom. The van der Waals surface area contributed by atoms with Gasteiger partial charge in [-0.3, -0.25) is 4.79 Å². The van der Waals surface area contributed by atoms with Gasteiger partial charge in [0, 0.05) is 18.2 Å². The fourth-order valence-corrected chi connectivity index (χ4v) is 2.68. The van der Waals surface area contributed by atoms with Crippen molar-refractivity contribution in [1.29, 1.82) is 0 Å². The van der Waals surface area contributed by atoms with Gasteiger partial charge < -0.3 is 15.8 Å². The predicted octanol–water partition coefficient (Wildman–Crippen LogP) is 3.15. The van der Waals surface area contributed by atoms with Crippen molar-refractivity contribution in [2.45, 2.75) is 50.8 Å². The second kappa shape index (κ2) is 7.34. The summed E-state index contributed by atoms with van der Waals surface area (Å²) in [4.78, 5) is 12.1. The Labute approximate surface area is 134 Å². The van der Waals surface area contributed by atoms with Gasteiger partial charge in [0.05, 0.1) is 10.0 Å². The summed E-state index contributed by atoms with van der Waals surface area (Å²) in [5.41, 5.74) is 5.86. The smallest absolute Gasteiger partial charge is 0.260 e. The number of carbonyl (C=O) groups excluding carboxylic acids is 1. The Balaban J connectivity index is 1.86. The lowest BCUT2D eigenvalue weighted by atomic mass is 9.92. The van der Waals surface area contributed by atoms with Crippen molar-refractivity contribution in [2.75, 3.05) is 0 Å². The second-order valence-electron chi connectivity index (χ2n) is 5.46. The second-order valence-corrected chi connectivity index (χ2v) is 6.27. The van der Waals surface area contributed by atoms with Crippen LogP contribution in [-0.2, 0) is 4.79 Å². The van der Waals surface area contributed by atoms with E-state index in [1.807, 2.05) is 0 Å². The number of hydrogen-bond acceptors (Lipinski definition) is 3. The zero-order valence-electron chi connectivity index (χ0n) is 11.9. The Morgan fingerprint density at radius 1 is 1.29 bits per heavy atom. The standard InChI is InChI=1S/C15H20Cl2N2O2/c1-9(21-12-6-7-13(16)14(17)8-12)15(20)19-11-4-2-10(18)3-5-11/h6-11H,2-5,18H2,1H3,(H,19,20). The largest absolute Gasteiger partial charge is 0.481 e. The number of nitrogens with two attached hydrogens (primary N) is 1. The number of benzene rings is 1. The third-order valence-electron chi connectivity index (χ3n) is 3.69. The molecule has 1 aromatic rings. The maximum Gasteiger partial charge on any atom is 0.260 e. The molecule has 0 aliphatic heterocycles.